The SMILES string of the molecule is CCCCc1ccc(-c2ccc(C(=O)N[C@@H](CCNC(=O)OC(C)(C)C)C(=O)N3CCC3C(=O)N[C@@H](N)C(=O)N[C@@H](CCCCNC(=O)OC(C)(C)C)C(=O)O)cc2)cc1. The molecule has 2 aromatic rings. The summed E-state index contributed by atoms with van der Waals surface area (Å²) >= 11 is 0. The number of carboxylic acids is 1. The minimum atomic E-state index is -1.64. The highest BCUT2D eigenvalue weighted by molar-refractivity contribution is 5.99. The molecule has 8 N–H and O–H groups in total. The van der Waals surface area contributed by atoms with Gasteiger partial charge in [-0.15, -0.1) is 0 Å². The summed E-state index contributed by atoms with van der Waals surface area (Å²) in [6, 6.07) is 11.7. The molecule has 1 unspecified atom stereocenters. The van der Waals surface area contributed by atoms with Gasteiger partial charge in [-0.05, 0) is 115 Å². The number of hydrogen-bond acceptors (Lipinski definition) is 10. The zero-order valence-electron chi connectivity index (χ0n) is 35.9. The minimum Gasteiger partial charge on any atom is -0.480 e. The molecule has 1 heterocycles. The number of carbonyl (C=O) groups is 7. The number of amides is 6. The summed E-state index contributed by atoms with van der Waals surface area (Å²) in [5, 5.41) is 22.3. The molecule has 1 aliphatic rings. The smallest absolute Gasteiger partial charge is 0.407 e. The molecule has 17 nitrogen and oxygen atoms in total. The van der Waals surface area contributed by atoms with Crippen LogP contribution in [-0.4, -0.2) is 107 Å². The number of carbonyl (C=O) groups excluding carboxylic acids is 6. The number of carboxylic acid groups (broad SMARTS) is 1. The molecule has 0 aromatic heterocycles. The fourth-order valence-corrected chi connectivity index (χ4v) is 6.13. The first-order chi connectivity index (χ1) is 28.2. The first-order valence-electron chi connectivity index (χ1n) is 20.5. The molecule has 17 heteroatoms. The molecule has 6 amide bonds. The molecular weight excluding hydrogens is 775 g/mol. The number of aryl methyl sites for hydroxylation is 1. The van der Waals surface area contributed by atoms with Gasteiger partial charge in [0.05, 0.1) is 0 Å². The van der Waals surface area contributed by atoms with Gasteiger partial charge >= 0.3 is 18.2 Å². The van der Waals surface area contributed by atoms with Crippen molar-refractivity contribution in [1.29, 1.82) is 0 Å². The Bertz CT molecular complexity index is 1790. The van der Waals surface area contributed by atoms with E-state index in [2.05, 4.69) is 45.6 Å². The Morgan fingerprint density at radius 3 is 1.83 bits per heavy atom. The summed E-state index contributed by atoms with van der Waals surface area (Å²) < 4.78 is 10.5. The van der Waals surface area contributed by atoms with Crippen LogP contribution >= 0.6 is 0 Å². The lowest BCUT2D eigenvalue weighted by molar-refractivity contribution is -0.149. The van der Waals surface area contributed by atoms with Gasteiger partial charge in [-0.25, -0.2) is 14.4 Å². The summed E-state index contributed by atoms with van der Waals surface area (Å²) in [6.07, 6.45) is 1.25. The van der Waals surface area contributed by atoms with Gasteiger partial charge in [-0.3, -0.25) is 19.2 Å². The lowest BCUT2D eigenvalue weighted by Gasteiger charge is -2.42. The predicted octanol–water partition coefficient (Wildman–Crippen LogP) is 3.98. The highest BCUT2D eigenvalue weighted by Crippen LogP contribution is 2.23. The van der Waals surface area contributed by atoms with Crippen molar-refractivity contribution in [3.8, 4) is 11.1 Å². The zero-order chi connectivity index (χ0) is 44.6. The number of ether oxygens (including phenoxy) is 2. The van der Waals surface area contributed by atoms with Gasteiger partial charge in [0.1, 0.15) is 29.3 Å². The Labute approximate surface area is 352 Å². The average Bonchev–Trinajstić information content (AvgIpc) is 3.14. The quantitative estimate of drug-likeness (QED) is 0.0743. The molecule has 1 fully saturated rings. The summed E-state index contributed by atoms with van der Waals surface area (Å²) in [4.78, 5) is 90.9. The number of hydrogen-bond donors (Lipinski definition) is 7. The monoisotopic (exact) mass is 837 g/mol. The first-order valence-corrected chi connectivity index (χ1v) is 20.5. The van der Waals surface area contributed by atoms with Crippen molar-refractivity contribution in [3.05, 3.63) is 59.7 Å². The summed E-state index contributed by atoms with van der Waals surface area (Å²) in [5.41, 5.74) is 7.98. The Morgan fingerprint density at radius 2 is 1.32 bits per heavy atom. The van der Waals surface area contributed by atoms with Crippen LogP contribution < -0.4 is 32.3 Å². The van der Waals surface area contributed by atoms with Crippen LogP contribution in [0.5, 0.6) is 0 Å². The van der Waals surface area contributed by atoms with E-state index in [-0.39, 0.29) is 38.9 Å². The van der Waals surface area contributed by atoms with Crippen LogP contribution in [0.4, 0.5) is 9.59 Å². The highest BCUT2D eigenvalue weighted by Gasteiger charge is 2.41. The fourth-order valence-electron chi connectivity index (χ4n) is 6.13. The number of unbranched alkanes of at least 4 members (excludes halogenated alkanes) is 2. The average molecular weight is 838 g/mol. The van der Waals surface area contributed by atoms with Crippen molar-refractivity contribution in [1.82, 2.24) is 31.5 Å². The van der Waals surface area contributed by atoms with Crippen LogP contribution in [0.25, 0.3) is 11.1 Å². The zero-order valence-corrected chi connectivity index (χ0v) is 35.9. The molecule has 2 aromatic carbocycles. The van der Waals surface area contributed by atoms with Crippen molar-refractivity contribution in [2.24, 2.45) is 5.73 Å². The minimum absolute atomic E-state index is 0.0235. The van der Waals surface area contributed by atoms with E-state index in [1.165, 1.54) is 10.5 Å². The van der Waals surface area contributed by atoms with Crippen molar-refractivity contribution >= 4 is 41.8 Å². The number of nitrogens with zero attached hydrogens (tertiary/aromatic N) is 1. The van der Waals surface area contributed by atoms with Gasteiger partial charge < -0.3 is 51.8 Å². The summed E-state index contributed by atoms with van der Waals surface area (Å²) in [5.74, 6) is -4.14. The fraction of sp³-hybridized carbons (Fsp3) is 0.558. The third-order valence-corrected chi connectivity index (χ3v) is 9.35. The second kappa shape index (κ2) is 22.6. The third kappa shape index (κ3) is 16.5. The number of rotatable bonds is 20. The molecule has 330 valence electrons. The molecule has 4 atom stereocenters. The van der Waals surface area contributed by atoms with Crippen molar-refractivity contribution < 1.29 is 48.1 Å². The molecule has 0 radical (unpaired) electrons. The highest BCUT2D eigenvalue weighted by atomic mass is 16.6. The molecule has 3 rings (SSSR count). The van der Waals surface area contributed by atoms with Crippen LogP contribution in [0.15, 0.2) is 48.5 Å². The number of nitrogens with one attached hydrogen (secondary N) is 5. The Kier molecular flexibility index (Phi) is 18.3. The summed E-state index contributed by atoms with van der Waals surface area (Å²) in [6.45, 7) is 12.8. The number of alkyl carbamates (subject to hydrolysis) is 2. The van der Waals surface area contributed by atoms with Crippen molar-refractivity contribution in [2.45, 2.75) is 135 Å². The van der Waals surface area contributed by atoms with Gasteiger partial charge in [-0.1, -0.05) is 49.7 Å². The van der Waals surface area contributed by atoms with Gasteiger partial charge in [0.15, 0.2) is 6.17 Å². The van der Waals surface area contributed by atoms with Gasteiger partial charge in [0, 0.05) is 25.2 Å². The predicted molar refractivity (Wildman–Crippen MR) is 224 cm³/mol. The maximum absolute atomic E-state index is 13.9. The van der Waals surface area contributed by atoms with Crippen LogP contribution in [0, 0.1) is 0 Å². The Balaban J connectivity index is 1.61. The lowest BCUT2D eigenvalue weighted by Crippen LogP contribution is -2.65. The molecule has 0 spiro atoms. The van der Waals surface area contributed by atoms with Crippen molar-refractivity contribution in [2.75, 3.05) is 19.6 Å². The number of nitrogens with two attached hydrogens (primary N) is 1. The van der Waals surface area contributed by atoms with E-state index in [0.29, 0.717) is 18.4 Å². The first kappa shape index (κ1) is 48.7. The number of benzene rings is 2. The van der Waals surface area contributed by atoms with E-state index < -0.39 is 77.3 Å². The molecule has 1 saturated heterocycles. The van der Waals surface area contributed by atoms with Crippen LogP contribution in [0.1, 0.15) is 109 Å². The van der Waals surface area contributed by atoms with E-state index in [9.17, 15) is 38.7 Å². The van der Waals surface area contributed by atoms with E-state index in [1.54, 1.807) is 53.7 Å². The largest absolute Gasteiger partial charge is 0.480 e. The molecule has 1 aliphatic heterocycles. The van der Waals surface area contributed by atoms with Crippen LogP contribution in [0.2, 0.25) is 0 Å². The standard InChI is InChI=1S/C43H63N7O10/c1-8-9-12-27-14-16-28(17-15-27)29-18-20-30(21-19-29)35(51)47-31(22-25-46-41(58)60-43(5,6)7)38(54)50-26-23-33(50)36(52)49-34(44)37(53)48-32(39(55)56)13-10-11-24-45-40(57)59-42(2,3)4/h14-21,31-34H,8-13,22-26,44H2,1-7H3,(H,45,57)(H,46,58)(H,47,51)(H,48,53)(H,49,52)(H,55,56)/t31-,32-,33?,34+/m0/s1. The molecule has 0 aliphatic carbocycles. The van der Waals surface area contributed by atoms with E-state index >= 15 is 0 Å². The maximum atomic E-state index is 13.9. The van der Waals surface area contributed by atoms with Gasteiger partial charge in [-0.2, -0.15) is 0 Å². The van der Waals surface area contributed by atoms with E-state index in [4.69, 9.17) is 15.2 Å². The molecular formula is C43H63N7O10. The van der Waals surface area contributed by atoms with Gasteiger partial charge in [0.25, 0.3) is 11.8 Å². The number of aliphatic carboxylic acids is 1. The van der Waals surface area contributed by atoms with Crippen LogP contribution in [0.3, 0.4) is 0 Å². The molecule has 0 bridgehead atoms. The lowest BCUT2D eigenvalue weighted by atomic mass is 9.98. The number of likely N-dealkylation sites (tertiary alicyclic amines) is 1. The summed E-state index contributed by atoms with van der Waals surface area (Å²) in [7, 11) is 0. The van der Waals surface area contributed by atoms with E-state index in [0.717, 1.165) is 30.4 Å². The third-order valence-electron chi connectivity index (χ3n) is 9.35. The second-order valence-electron chi connectivity index (χ2n) is 16.8. The van der Waals surface area contributed by atoms with E-state index in [1.807, 2.05) is 24.3 Å². The van der Waals surface area contributed by atoms with Crippen molar-refractivity contribution in [3.63, 3.8) is 0 Å². The normalized spacial score (nSPS) is 15.3. The second-order valence-corrected chi connectivity index (χ2v) is 16.8. The molecule has 60 heavy (non-hydrogen) atoms. The van der Waals surface area contributed by atoms with Crippen LogP contribution in [-0.2, 0) is 35.1 Å². The molecule has 0 saturated carbocycles. The topological polar surface area (TPSA) is 248 Å². The Hall–Kier alpha value is -5.71. The van der Waals surface area contributed by atoms with Gasteiger partial charge in [0.2, 0.25) is 11.8 Å². The Morgan fingerprint density at radius 1 is 0.750 bits per heavy atom. The maximum Gasteiger partial charge on any atom is 0.407 e.